The minimum Gasteiger partial charge on any atom is -0.197 e. The third-order valence-electron chi connectivity index (χ3n) is 0. The fraction of sp³-hybridized carbons (Fsp3) is 0. The summed E-state index contributed by atoms with van der Waals surface area (Å²) < 4.78 is 7.67. The van der Waals surface area contributed by atoms with E-state index in [4.69, 9.17) is 0 Å². The lowest BCUT2D eigenvalue weighted by atomic mass is 12.0. The van der Waals surface area contributed by atoms with Gasteiger partial charge >= 0.3 is 0 Å². The molecule has 0 rings (SSSR count). The fourth-order valence-corrected chi connectivity index (χ4v) is 0. The van der Waals surface area contributed by atoms with Crippen molar-refractivity contribution >= 4 is 142 Å². The van der Waals surface area contributed by atoms with Crippen LogP contribution in [0.5, 0.6) is 0 Å². The van der Waals surface area contributed by atoms with Gasteiger partial charge in [-0.2, -0.15) is 27.0 Å². The smallest absolute Gasteiger partial charge is 0.0297 e. The molecule has 0 nitrogen and oxygen atoms in total. The van der Waals surface area contributed by atoms with E-state index in [-0.39, 0.29) is 27.0 Å². The Bertz CT molecular complexity index is 144. The molecular weight excluding hydrogens is 369 g/mol. The van der Waals surface area contributed by atoms with Crippen LogP contribution in [0.1, 0.15) is 0 Å². The molecule has 0 aliphatic rings. The number of thiocarbonyl (C=S) groups is 8. The molecule has 0 fully saturated rings. The van der Waals surface area contributed by atoms with E-state index in [9.17, 15) is 0 Å². The van der Waals surface area contributed by atoms with E-state index in [1.807, 2.05) is 17.3 Å². The summed E-state index contributed by atoms with van der Waals surface area (Å²) in [6, 6.07) is 0. The lowest BCUT2D eigenvalue weighted by molar-refractivity contribution is 4.67. The highest BCUT2D eigenvalue weighted by atomic mass is 32.1. The Morgan fingerprint density at radius 3 is 0.357 bits per heavy atom. The van der Waals surface area contributed by atoms with Crippen LogP contribution in [0, 0.1) is 0 Å². The van der Waals surface area contributed by atoms with Gasteiger partial charge in [0.15, 0.2) is 0 Å². The van der Waals surface area contributed by atoms with Crippen LogP contribution in [-0.2, 0) is 0 Å². The number of rotatable bonds is 0. The molecule has 0 spiro atoms. The molecule has 0 radical (unpaired) electrons. The molecule has 0 saturated carbocycles. The molecule has 0 atom stereocenters. The molecule has 0 heterocycles. The average molecular weight is 373 g/mol. The first-order valence-corrected chi connectivity index (χ1v) is 4.90. The van der Waals surface area contributed by atoms with Gasteiger partial charge in [0.1, 0.15) is 0 Å². The maximum absolute atomic E-state index is 3.96. The Morgan fingerprint density at radius 2 is 0.357 bits per heavy atom. The summed E-state index contributed by atoms with van der Waals surface area (Å²) in [5.74, 6) is 0. The van der Waals surface area contributed by atoms with Gasteiger partial charge in [-0.3, -0.25) is 0 Å². The molecule has 0 amide bonds. The molecular formula is C4H4S10. The van der Waals surface area contributed by atoms with Gasteiger partial charge < -0.3 is 0 Å². The lowest BCUT2D eigenvalue weighted by Crippen LogP contribution is -0.917. The second-order valence-corrected chi connectivity index (χ2v) is 3.00. The zero-order chi connectivity index (χ0) is 10.8. The maximum atomic E-state index is 3.96. The number of hydrogen-bond acceptors (Lipinski definition) is 8. The molecule has 0 bridgehead atoms. The molecule has 0 N–H and O–H groups in total. The summed E-state index contributed by atoms with van der Waals surface area (Å²) in [4.78, 5) is 0. The predicted molar refractivity (Wildman–Crippen MR) is 102 cm³/mol. The van der Waals surface area contributed by atoms with Gasteiger partial charge in [0.05, 0.1) is 0 Å². The summed E-state index contributed by atoms with van der Waals surface area (Å²) in [7, 11) is 0. The molecule has 10 heteroatoms. The first-order valence-electron chi connectivity index (χ1n) is 1.63. The van der Waals surface area contributed by atoms with E-state index in [1.165, 1.54) is 0 Å². The highest BCUT2D eigenvalue weighted by Gasteiger charge is 1.02. The van der Waals surface area contributed by atoms with E-state index in [2.05, 4.69) is 97.7 Å². The third kappa shape index (κ3) is 861. The maximum Gasteiger partial charge on any atom is 0.0297 e. The van der Waals surface area contributed by atoms with Crippen LogP contribution in [-0.4, -0.2) is 17.3 Å². The van der Waals surface area contributed by atoms with Crippen molar-refractivity contribution in [3.63, 3.8) is 0 Å². The van der Waals surface area contributed by atoms with Crippen molar-refractivity contribution in [3.05, 3.63) is 0 Å². The molecule has 80 valence electrons. The average Bonchev–Trinajstić information content (AvgIpc) is 1.92. The van der Waals surface area contributed by atoms with Crippen molar-refractivity contribution in [2.45, 2.75) is 0 Å². The lowest BCUT2D eigenvalue weighted by Gasteiger charge is -0.992. The first kappa shape index (κ1) is 36.1. The molecule has 0 unspecified atom stereocenters. The molecule has 14 heavy (non-hydrogen) atoms. The van der Waals surface area contributed by atoms with Crippen LogP contribution in [0.3, 0.4) is 0 Å². The van der Waals surface area contributed by atoms with Crippen molar-refractivity contribution in [2.24, 2.45) is 0 Å². The SMILES string of the molecule is S.S.S=C=S.S=C=S.S=C=S.S=C=S. The van der Waals surface area contributed by atoms with Crippen molar-refractivity contribution in [1.82, 2.24) is 0 Å². The van der Waals surface area contributed by atoms with Crippen molar-refractivity contribution in [2.75, 3.05) is 0 Å². The van der Waals surface area contributed by atoms with E-state index in [1.54, 1.807) is 0 Å². The number of hydrogen-bond donors (Lipinski definition) is 0. The molecule has 0 aromatic heterocycles. The minimum absolute atomic E-state index is 0. The zero-order valence-electron chi connectivity index (χ0n) is 6.27. The van der Waals surface area contributed by atoms with E-state index in [0.717, 1.165) is 0 Å². The van der Waals surface area contributed by atoms with Gasteiger partial charge in [0.25, 0.3) is 0 Å². The first-order chi connectivity index (χ1) is 5.66. The van der Waals surface area contributed by atoms with Gasteiger partial charge in [0.2, 0.25) is 0 Å². The summed E-state index contributed by atoms with van der Waals surface area (Å²) in [5.41, 5.74) is 0. The summed E-state index contributed by atoms with van der Waals surface area (Å²) in [6.07, 6.45) is 0. The molecule has 0 saturated heterocycles. The van der Waals surface area contributed by atoms with Crippen molar-refractivity contribution in [1.29, 1.82) is 0 Å². The second-order valence-electron chi connectivity index (χ2n) is 0.333. The quantitative estimate of drug-likeness (QED) is 0.570. The van der Waals surface area contributed by atoms with Crippen molar-refractivity contribution in [3.8, 4) is 0 Å². The summed E-state index contributed by atoms with van der Waals surface area (Å²) in [5, 5.41) is 0. The van der Waals surface area contributed by atoms with Gasteiger partial charge in [0, 0.05) is 17.3 Å². The van der Waals surface area contributed by atoms with Crippen LogP contribution in [0.25, 0.3) is 0 Å². The van der Waals surface area contributed by atoms with Gasteiger partial charge in [-0.05, 0) is 97.7 Å². The Labute approximate surface area is 140 Å². The zero-order valence-corrected chi connectivity index (χ0v) is 14.8. The van der Waals surface area contributed by atoms with E-state index in [0.29, 0.717) is 0 Å². The highest BCUT2D eigenvalue weighted by molar-refractivity contribution is 7.94. The monoisotopic (exact) mass is 372 g/mol. The third-order valence-corrected chi connectivity index (χ3v) is 0. The second kappa shape index (κ2) is 86.4. The van der Waals surface area contributed by atoms with E-state index >= 15 is 0 Å². The summed E-state index contributed by atoms with van der Waals surface area (Å²) in [6.45, 7) is 0. The van der Waals surface area contributed by atoms with Gasteiger partial charge in [-0.25, -0.2) is 0 Å². The minimum atomic E-state index is 0. The Balaban J connectivity index is -0.0000000145. The van der Waals surface area contributed by atoms with Crippen LogP contribution in [0.2, 0.25) is 0 Å². The van der Waals surface area contributed by atoms with Crippen LogP contribution < -0.4 is 0 Å². The van der Waals surface area contributed by atoms with Crippen LogP contribution >= 0.6 is 125 Å². The largest absolute Gasteiger partial charge is 0.197 e. The topological polar surface area (TPSA) is 0 Å². The van der Waals surface area contributed by atoms with Crippen molar-refractivity contribution < 1.29 is 0 Å². The van der Waals surface area contributed by atoms with Gasteiger partial charge in [-0.1, -0.05) is 0 Å². The fourth-order valence-electron chi connectivity index (χ4n) is 0. The molecule has 0 aromatic carbocycles. The molecule has 0 aliphatic carbocycles. The Kier molecular flexibility index (Phi) is 223. The normalized spacial score (nSPS) is 2.29. The molecule has 0 aromatic rings. The Hall–Kier alpha value is 1.58. The van der Waals surface area contributed by atoms with Crippen LogP contribution in [0.4, 0.5) is 0 Å². The summed E-state index contributed by atoms with van der Waals surface area (Å²) >= 11 is 31.7. The highest BCUT2D eigenvalue weighted by Crippen LogP contribution is 1.30. The standard InChI is InChI=1S/4CS2.2H2S/c4*2-1-3;;/h;;;;2*1H2. The van der Waals surface area contributed by atoms with E-state index < -0.39 is 0 Å². The van der Waals surface area contributed by atoms with Gasteiger partial charge in [-0.15, -0.1) is 0 Å². The molecule has 0 aliphatic heterocycles. The Morgan fingerprint density at radius 1 is 0.357 bits per heavy atom. The van der Waals surface area contributed by atoms with Crippen LogP contribution in [0.15, 0.2) is 0 Å². The predicted octanol–water partition coefficient (Wildman–Crippen LogP) is 4.30.